The normalized spacial score (nSPS) is 21.9. The molecule has 2 aromatic carbocycles. The molecule has 6 rings (SSSR count). The molecule has 3 aliphatic rings. The van der Waals surface area contributed by atoms with Crippen LogP contribution in [0.1, 0.15) is 35.6 Å². The second-order valence-electron chi connectivity index (χ2n) is 10.2. The molecule has 3 aromatic rings. The second kappa shape index (κ2) is 10.8. The minimum absolute atomic E-state index is 0.126. The lowest BCUT2D eigenvalue weighted by Gasteiger charge is -2.31. The first kappa shape index (κ1) is 27.2. The van der Waals surface area contributed by atoms with Gasteiger partial charge in [0.2, 0.25) is 17.7 Å². The van der Waals surface area contributed by atoms with E-state index >= 15 is 0 Å². The van der Waals surface area contributed by atoms with Gasteiger partial charge in [-0.3, -0.25) is 33.9 Å². The van der Waals surface area contributed by atoms with E-state index < -0.39 is 33.8 Å². The van der Waals surface area contributed by atoms with Gasteiger partial charge in [-0.1, -0.05) is 35.2 Å². The number of carbonyl (C=O) groups is 3. The molecule has 11 nitrogen and oxygen atoms in total. The van der Waals surface area contributed by atoms with Crippen LogP contribution in [-0.2, 0) is 20.9 Å². The first-order valence-corrected chi connectivity index (χ1v) is 14.9. The predicted octanol–water partition coefficient (Wildman–Crippen LogP) is 3.63. The van der Waals surface area contributed by atoms with Crippen LogP contribution in [0, 0.1) is 16.0 Å². The molecule has 4 heterocycles. The number of hydrogen-bond acceptors (Lipinski definition) is 9. The van der Waals surface area contributed by atoms with Crippen molar-refractivity contribution < 1.29 is 24.0 Å². The fourth-order valence-electron chi connectivity index (χ4n) is 5.78. The largest absolute Gasteiger partial charge is 0.497 e. The summed E-state index contributed by atoms with van der Waals surface area (Å²) >= 11 is 2.15. The summed E-state index contributed by atoms with van der Waals surface area (Å²) in [6, 6.07) is 12.5. The molecule has 13 heteroatoms. The summed E-state index contributed by atoms with van der Waals surface area (Å²) in [5.74, 6) is -1.84. The second-order valence-corrected chi connectivity index (χ2v) is 12.3. The van der Waals surface area contributed by atoms with Crippen molar-refractivity contribution in [1.29, 1.82) is 0 Å². The zero-order valence-corrected chi connectivity index (χ0v) is 23.7. The molecule has 2 fully saturated rings. The predicted molar refractivity (Wildman–Crippen MR) is 153 cm³/mol. The molecular formula is C28H26N4O7S2. The number of amides is 3. The Morgan fingerprint density at radius 1 is 1.00 bits per heavy atom. The number of piperidine rings is 1. The van der Waals surface area contributed by atoms with E-state index in [0.717, 1.165) is 52.8 Å². The van der Waals surface area contributed by atoms with E-state index in [2.05, 4.69) is 0 Å². The van der Waals surface area contributed by atoms with Gasteiger partial charge < -0.3 is 9.64 Å². The molecule has 0 saturated carbocycles. The molecule has 2 saturated heterocycles. The van der Waals surface area contributed by atoms with Gasteiger partial charge in [0, 0.05) is 36.0 Å². The van der Waals surface area contributed by atoms with Crippen molar-refractivity contribution in [1.82, 2.24) is 9.47 Å². The van der Waals surface area contributed by atoms with Crippen LogP contribution in [0.2, 0.25) is 0 Å². The highest BCUT2D eigenvalue weighted by atomic mass is 32.2. The number of fused-ring (bicyclic) bond motifs is 2. The summed E-state index contributed by atoms with van der Waals surface area (Å²) in [7, 11) is 1.55. The Morgan fingerprint density at radius 2 is 1.68 bits per heavy atom. The maximum absolute atomic E-state index is 14.0. The average molecular weight is 595 g/mol. The lowest BCUT2D eigenvalue weighted by Crippen LogP contribution is -2.39. The first-order chi connectivity index (χ1) is 19.8. The summed E-state index contributed by atoms with van der Waals surface area (Å²) in [5.41, 5.74) is 0.834. The molecule has 0 bridgehead atoms. The number of hydrogen-bond donors (Lipinski definition) is 0. The van der Waals surface area contributed by atoms with E-state index in [-0.39, 0.29) is 28.7 Å². The van der Waals surface area contributed by atoms with E-state index in [1.807, 2.05) is 12.1 Å². The van der Waals surface area contributed by atoms with E-state index in [9.17, 15) is 29.3 Å². The van der Waals surface area contributed by atoms with E-state index in [1.54, 1.807) is 24.1 Å². The fourth-order valence-corrected chi connectivity index (χ4v) is 8.56. The summed E-state index contributed by atoms with van der Waals surface area (Å²) in [5, 5.41) is 10.8. The highest BCUT2D eigenvalue weighted by Crippen LogP contribution is 2.54. The van der Waals surface area contributed by atoms with Crippen LogP contribution in [0.4, 0.5) is 11.4 Å². The van der Waals surface area contributed by atoms with Crippen molar-refractivity contribution in [2.24, 2.45) is 5.92 Å². The molecule has 0 unspecified atom stereocenters. The van der Waals surface area contributed by atoms with Crippen LogP contribution in [0.5, 0.6) is 5.75 Å². The number of carbonyl (C=O) groups excluding carboxylic acids is 3. The third-order valence-electron chi connectivity index (χ3n) is 7.85. The van der Waals surface area contributed by atoms with Gasteiger partial charge in [-0.2, -0.15) is 0 Å². The standard InChI is InChI=1S/C28H26N4O7S2/c1-39-19-11-5-16(6-12-19)21-22-23(26(35)31(25(22)34)17-7-9-18(10-8-17)32(37)38)40-27-24(21)41-28(36)30(27)15-20(33)29-13-3-2-4-14-29/h5-12,21-23H,2-4,13-15H2,1H3/t21-,22+,23-/m0/s1. The van der Waals surface area contributed by atoms with Crippen LogP contribution in [0.25, 0.3) is 0 Å². The summed E-state index contributed by atoms with van der Waals surface area (Å²) in [6.45, 7) is 1.19. The zero-order valence-electron chi connectivity index (χ0n) is 22.1. The number of anilines is 1. The Labute approximate surface area is 242 Å². The lowest BCUT2D eigenvalue weighted by atomic mass is 9.83. The number of ether oxygens (including phenoxy) is 1. The third kappa shape index (κ3) is 4.72. The van der Waals surface area contributed by atoms with E-state index in [4.69, 9.17) is 4.74 Å². The van der Waals surface area contributed by atoms with Crippen molar-refractivity contribution in [3.8, 4) is 5.75 Å². The minimum atomic E-state index is -0.845. The molecule has 0 N–H and O–H groups in total. The molecule has 0 spiro atoms. The van der Waals surface area contributed by atoms with Gasteiger partial charge in [0.15, 0.2) is 0 Å². The van der Waals surface area contributed by atoms with Crippen LogP contribution < -0.4 is 14.5 Å². The number of methoxy groups -OCH3 is 1. The van der Waals surface area contributed by atoms with Crippen LogP contribution in [0.15, 0.2) is 58.4 Å². The number of thiazole rings is 1. The Bertz CT molecular complexity index is 1590. The smallest absolute Gasteiger partial charge is 0.308 e. The molecule has 212 valence electrons. The molecule has 3 aliphatic heterocycles. The van der Waals surface area contributed by atoms with Gasteiger partial charge in [-0.15, -0.1) is 0 Å². The molecule has 3 amide bonds. The topological polar surface area (TPSA) is 132 Å². The van der Waals surface area contributed by atoms with Crippen molar-refractivity contribution in [3.63, 3.8) is 0 Å². The number of likely N-dealkylation sites (tertiary alicyclic amines) is 1. The van der Waals surface area contributed by atoms with Gasteiger partial charge in [0.05, 0.1) is 28.7 Å². The van der Waals surface area contributed by atoms with Crippen LogP contribution in [-0.4, -0.2) is 57.6 Å². The molecule has 3 atom stereocenters. The Kier molecular flexibility index (Phi) is 7.16. The first-order valence-electron chi connectivity index (χ1n) is 13.2. The van der Waals surface area contributed by atoms with E-state index in [0.29, 0.717) is 28.7 Å². The number of thioether (sulfide) groups is 1. The quantitative estimate of drug-likeness (QED) is 0.240. The average Bonchev–Trinajstić information content (AvgIpc) is 3.43. The minimum Gasteiger partial charge on any atom is -0.497 e. The number of non-ortho nitro benzene ring substituents is 1. The Hall–Kier alpha value is -3.97. The molecule has 0 radical (unpaired) electrons. The molecule has 0 aliphatic carbocycles. The number of nitro benzene ring substituents is 1. The summed E-state index contributed by atoms with van der Waals surface area (Å²) in [4.78, 5) is 68.0. The van der Waals surface area contributed by atoms with Crippen molar-refractivity contribution in [3.05, 3.63) is 78.8 Å². The molecular weight excluding hydrogens is 568 g/mol. The number of imide groups is 1. The number of nitro groups is 1. The van der Waals surface area contributed by atoms with Gasteiger partial charge in [-0.05, 0) is 49.1 Å². The van der Waals surface area contributed by atoms with Crippen molar-refractivity contribution in [2.75, 3.05) is 25.1 Å². The van der Waals surface area contributed by atoms with Gasteiger partial charge in [-0.25, -0.2) is 4.90 Å². The third-order valence-corrected chi connectivity index (χ3v) is 10.4. The van der Waals surface area contributed by atoms with E-state index in [1.165, 1.54) is 28.8 Å². The van der Waals surface area contributed by atoms with Crippen molar-refractivity contribution >= 4 is 52.2 Å². The highest BCUT2D eigenvalue weighted by molar-refractivity contribution is 8.00. The SMILES string of the molecule is COc1ccc([C@@H]2c3sc(=O)n(CC(=O)N4CCCCC4)c3S[C@@H]3C(=O)N(c4ccc([N+](=O)[O-])cc4)C(=O)[C@H]23)cc1. The monoisotopic (exact) mass is 594 g/mol. The summed E-state index contributed by atoms with van der Waals surface area (Å²) < 4.78 is 6.75. The highest BCUT2D eigenvalue weighted by Gasteiger charge is 2.57. The molecule has 1 aromatic heterocycles. The Morgan fingerprint density at radius 3 is 2.32 bits per heavy atom. The van der Waals surface area contributed by atoms with Gasteiger partial charge in [0.25, 0.3) is 5.69 Å². The molecule has 41 heavy (non-hydrogen) atoms. The van der Waals surface area contributed by atoms with Crippen molar-refractivity contribution in [2.45, 2.75) is 42.0 Å². The maximum atomic E-state index is 14.0. The number of benzene rings is 2. The van der Waals surface area contributed by atoms with Gasteiger partial charge in [0.1, 0.15) is 17.5 Å². The number of aromatic nitrogens is 1. The zero-order chi connectivity index (χ0) is 28.8. The lowest BCUT2D eigenvalue weighted by molar-refractivity contribution is -0.384. The van der Waals surface area contributed by atoms with Crippen LogP contribution in [0.3, 0.4) is 0 Å². The Balaban J connectivity index is 1.42. The maximum Gasteiger partial charge on any atom is 0.308 e. The van der Waals surface area contributed by atoms with Gasteiger partial charge >= 0.3 is 4.87 Å². The number of nitrogens with zero attached hydrogens (tertiary/aromatic N) is 4. The summed E-state index contributed by atoms with van der Waals surface area (Å²) in [6.07, 6.45) is 2.92. The fraction of sp³-hybridized carbons (Fsp3) is 0.357. The van der Waals surface area contributed by atoms with Crippen LogP contribution >= 0.6 is 23.1 Å². The number of rotatable bonds is 6.